The lowest BCUT2D eigenvalue weighted by atomic mass is 9.73. The zero-order valence-electron chi connectivity index (χ0n) is 24.5. The number of hydrogen-bond donors (Lipinski definition) is 3. The highest BCUT2D eigenvalue weighted by molar-refractivity contribution is 6.51. The molecule has 2 aromatic rings. The van der Waals surface area contributed by atoms with Crippen molar-refractivity contribution in [2.75, 3.05) is 27.2 Å². The Morgan fingerprint density at radius 3 is 2.17 bits per heavy atom. The van der Waals surface area contributed by atoms with E-state index < -0.39 is 61.0 Å². The number of carbonyl (C=O) groups is 4. The van der Waals surface area contributed by atoms with Crippen molar-refractivity contribution in [2.45, 2.75) is 57.4 Å². The molecule has 2 amide bonds. The predicted octanol–water partition coefficient (Wildman–Crippen LogP) is 0.501. The van der Waals surface area contributed by atoms with E-state index in [1.807, 2.05) is 56.1 Å². The molecule has 1 aromatic carbocycles. The molecular weight excluding hydrogens is 541 g/mol. The van der Waals surface area contributed by atoms with E-state index in [9.17, 15) is 24.3 Å². The number of aliphatic hydroxyl groups is 1. The summed E-state index contributed by atoms with van der Waals surface area (Å²) < 4.78 is 11.3. The molecule has 5 atom stereocenters. The van der Waals surface area contributed by atoms with Crippen molar-refractivity contribution in [3.63, 3.8) is 0 Å². The van der Waals surface area contributed by atoms with Gasteiger partial charge in [-0.15, -0.1) is 0 Å². The minimum atomic E-state index is -1.38. The maximum absolute atomic E-state index is 13.5. The van der Waals surface area contributed by atoms with Gasteiger partial charge in [-0.2, -0.15) is 0 Å². The number of aliphatic hydroxyl groups excluding tert-OH is 1. The second-order valence-electron chi connectivity index (χ2n) is 11.4. The number of likely N-dealkylation sites (N-methyl/N-ethyl adjacent to an activating group) is 2. The van der Waals surface area contributed by atoms with Crippen LogP contribution in [0.3, 0.4) is 0 Å². The fourth-order valence-electron chi connectivity index (χ4n) is 5.17. The monoisotopic (exact) mass is 579 g/mol. The number of pyridine rings is 1. The maximum Gasteiger partial charge on any atom is 0.622 e. The molecule has 3 heterocycles. The zero-order chi connectivity index (χ0) is 30.6. The van der Waals surface area contributed by atoms with Gasteiger partial charge in [0.2, 0.25) is 5.91 Å². The summed E-state index contributed by atoms with van der Waals surface area (Å²) in [6.07, 6.45) is -0.986. The highest BCUT2D eigenvalue weighted by Crippen LogP contribution is 2.22. The zero-order valence-corrected chi connectivity index (χ0v) is 24.5. The van der Waals surface area contributed by atoms with Gasteiger partial charge in [0, 0.05) is 18.7 Å². The minimum absolute atomic E-state index is 0.0102. The number of nitrogens with one attached hydrogen (secondary N) is 2. The van der Waals surface area contributed by atoms with Gasteiger partial charge >= 0.3 is 19.1 Å². The molecule has 2 bridgehead atoms. The van der Waals surface area contributed by atoms with Crippen LogP contribution in [0.1, 0.15) is 37.7 Å². The van der Waals surface area contributed by atoms with Crippen LogP contribution in [0.25, 0.3) is 11.3 Å². The lowest BCUT2D eigenvalue weighted by Gasteiger charge is -2.43. The third kappa shape index (κ3) is 7.33. The van der Waals surface area contributed by atoms with E-state index in [1.54, 1.807) is 24.1 Å². The summed E-state index contributed by atoms with van der Waals surface area (Å²) in [5.74, 6) is -3.44. The van der Waals surface area contributed by atoms with Crippen LogP contribution in [-0.4, -0.2) is 108 Å². The Balaban J connectivity index is 1.51. The van der Waals surface area contributed by atoms with E-state index in [0.29, 0.717) is 25.2 Å². The van der Waals surface area contributed by atoms with Crippen molar-refractivity contribution in [3.8, 4) is 11.3 Å². The van der Waals surface area contributed by atoms with Crippen LogP contribution in [0.2, 0.25) is 0 Å². The molecule has 13 heteroatoms. The number of hydrogen-bond acceptors (Lipinski definition) is 10. The van der Waals surface area contributed by atoms with Crippen LogP contribution in [0.4, 0.5) is 0 Å². The minimum Gasteiger partial charge on any atom is -0.497 e. The van der Waals surface area contributed by atoms with Gasteiger partial charge in [-0.05, 0) is 45.5 Å². The van der Waals surface area contributed by atoms with Gasteiger partial charge in [0.1, 0.15) is 23.8 Å². The van der Waals surface area contributed by atoms with Crippen LogP contribution in [-0.2, 0) is 23.7 Å². The van der Waals surface area contributed by atoms with Gasteiger partial charge < -0.3 is 29.9 Å². The number of carbonyl (C=O) groups excluding carboxylic acids is 4. The Morgan fingerprint density at radius 2 is 1.60 bits per heavy atom. The van der Waals surface area contributed by atoms with Crippen LogP contribution in [0.15, 0.2) is 48.5 Å². The molecule has 3 unspecified atom stereocenters. The maximum atomic E-state index is 13.5. The molecular formula is C29H38BN5O7. The average Bonchev–Trinajstić information content (AvgIpc) is 2.95. The normalized spacial score (nSPS) is 21.8. The van der Waals surface area contributed by atoms with Gasteiger partial charge in [0.25, 0.3) is 5.91 Å². The molecule has 2 saturated heterocycles. The Bertz CT molecular complexity index is 1270. The van der Waals surface area contributed by atoms with Crippen LogP contribution < -0.4 is 10.6 Å². The molecule has 2 fully saturated rings. The van der Waals surface area contributed by atoms with Crippen molar-refractivity contribution in [2.24, 2.45) is 5.92 Å². The smallest absolute Gasteiger partial charge is 0.497 e. The van der Waals surface area contributed by atoms with E-state index in [0.717, 1.165) is 5.56 Å². The van der Waals surface area contributed by atoms with Crippen molar-refractivity contribution in [1.29, 1.82) is 0 Å². The molecule has 2 aliphatic heterocycles. The van der Waals surface area contributed by atoms with Gasteiger partial charge in [-0.1, -0.05) is 50.2 Å². The predicted molar refractivity (Wildman–Crippen MR) is 155 cm³/mol. The largest absolute Gasteiger partial charge is 0.622 e. The first-order valence-corrected chi connectivity index (χ1v) is 14.1. The van der Waals surface area contributed by atoms with E-state index in [2.05, 4.69) is 15.6 Å². The summed E-state index contributed by atoms with van der Waals surface area (Å²) >= 11 is 0. The second-order valence-corrected chi connectivity index (χ2v) is 11.4. The summed E-state index contributed by atoms with van der Waals surface area (Å²) in [4.78, 5) is 60.8. The van der Waals surface area contributed by atoms with E-state index in [4.69, 9.17) is 9.31 Å². The first-order valence-electron chi connectivity index (χ1n) is 14.1. The topological polar surface area (TPSA) is 150 Å². The Labute approximate surface area is 245 Å². The standard InChI is InChI=1S/C29H38BN5O7/c1-17(2)14-24(30-41-28(39)22-15-34(4)16-23(35(22)5)29(40)42-30)32-27(38)25(18(3)36)33-26(37)21-13-9-12-20(31-21)19-10-7-6-8-11-19/h6-13,17-18,22-25,36H,14-16H2,1-5H3,(H,32,38)(H,33,37)/t18?,22-,23-,24?,25?/m0/s1. The molecule has 0 saturated carbocycles. The summed E-state index contributed by atoms with van der Waals surface area (Å²) in [7, 11) is 2.11. The average molecular weight is 579 g/mol. The molecule has 4 rings (SSSR count). The number of piperazine rings is 1. The Morgan fingerprint density at radius 1 is 0.976 bits per heavy atom. The molecule has 42 heavy (non-hydrogen) atoms. The molecule has 1 aromatic heterocycles. The lowest BCUT2D eigenvalue weighted by molar-refractivity contribution is -0.159. The molecule has 2 aliphatic rings. The number of rotatable bonds is 9. The van der Waals surface area contributed by atoms with Crippen molar-refractivity contribution >= 4 is 30.9 Å². The third-order valence-corrected chi connectivity index (χ3v) is 7.45. The van der Waals surface area contributed by atoms with Gasteiger partial charge in [0.05, 0.1) is 17.7 Å². The van der Waals surface area contributed by atoms with E-state index in [1.165, 1.54) is 13.0 Å². The number of fused-ring (bicyclic) bond motifs is 2. The number of benzene rings is 1. The third-order valence-electron chi connectivity index (χ3n) is 7.45. The van der Waals surface area contributed by atoms with Gasteiger partial charge in [-0.3, -0.25) is 24.1 Å². The van der Waals surface area contributed by atoms with Gasteiger partial charge in [-0.25, -0.2) is 4.98 Å². The van der Waals surface area contributed by atoms with Crippen LogP contribution in [0, 0.1) is 5.92 Å². The lowest BCUT2D eigenvalue weighted by Crippen LogP contribution is -2.66. The van der Waals surface area contributed by atoms with Crippen LogP contribution >= 0.6 is 0 Å². The SMILES string of the molecule is CC(C)CC(NC(=O)C(NC(=O)c1cccc(-c2ccccc2)n1)C(C)O)B1OC(=O)[C@@H]2CN(C)C[C@@H](C(=O)O1)N2C. The van der Waals surface area contributed by atoms with Gasteiger partial charge in [0.15, 0.2) is 0 Å². The quantitative estimate of drug-likeness (QED) is 0.359. The fourth-order valence-corrected chi connectivity index (χ4v) is 5.17. The fraction of sp³-hybridized carbons (Fsp3) is 0.483. The van der Waals surface area contributed by atoms with Crippen molar-refractivity contribution in [3.05, 3.63) is 54.2 Å². The Kier molecular flexibility index (Phi) is 9.97. The first-order chi connectivity index (χ1) is 19.9. The molecule has 3 N–H and O–H groups in total. The number of aromatic nitrogens is 1. The molecule has 0 spiro atoms. The molecule has 12 nitrogen and oxygen atoms in total. The molecule has 0 radical (unpaired) electrons. The van der Waals surface area contributed by atoms with Crippen LogP contribution in [0.5, 0.6) is 0 Å². The highest BCUT2D eigenvalue weighted by Gasteiger charge is 2.49. The highest BCUT2D eigenvalue weighted by atomic mass is 16.6. The summed E-state index contributed by atoms with van der Waals surface area (Å²) in [5, 5.41) is 15.8. The summed E-state index contributed by atoms with van der Waals surface area (Å²) in [6, 6.07) is 11.6. The van der Waals surface area contributed by atoms with E-state index in [-0.39, 0.29) is 11.6 Å². The summed E-state index contributed by atoms with van der Waals surface area (Å²) in [6.45, 7) is 5.94. The van der Waals surface area contributed by atoms with Crippen molar-refractivity contribution < 1.29 is 33.6 Å². The first kappa shape index (κ1) is 31.1. The number of amides is 2. The van der Waals surface area contributed by atoms with E-state index >= 15 is 0 Å². The molecule has 224 valence electrons. The van der Waals surface area contributed by atoms with Crippen molar-refractivity contribution in [1.82, 2.24) is 25.4 Å². The summed E-state index contributed by atoms with van der Waals surface area (Å²) in [5.41, 5.74) is 1.46. The number of nitrogens with zero attached hydrogens (tertiary/aromatic N) is 3. The Hall–Kier alpha value is -3.81. The molecule has 0 aliphatic carbocycles. The second kappa shape index (κ2) is 13.4.